The number of ether oxygens (including phenoxy) is 2. The summed E-state index contributed by atoms with van der Waals surface area (Å²) < 4.78 is 23.7. The topological polar surface area (TPSA) is 60.5 Å². The van der Waals surface area contributed by atoms with E-state index in [1.165, 1.54) is 30.6 Å². The molecule has 3 rings (SSSR count). The Hall–Kier alpha value is -2.93. The number of hydrogen-bond donors (Lipinski definition) is 1. The van der Waals surface area contributed by atoms with Gasteiger partial charge in [0.2, 0.25) is 0 Å². The minimum absolute atomic E-state index is 0.0904. The van der Waals surface area contributed by atoms with Gasteiger partial charge in [-0.3, -0.25) is 10.1 Å². The lowest BCUT2D eigenvalue weighted by Crippen LogP contribution is -2.12. The van der Waals surface area contributed by atoms with Crippen LogP contribution in [0, 0.1) is 5.82 Å². The van der Waals surface area contributed by atoms with Crippen LogP contribution in [-0.2, 0) is 0 Å². The van der Waals surface area contributed by atoms with Crippen LogP contribution in [-0.4, -0.2) is 25.1 Å². The van der Waals surface area contributed by atoms with Crippen molar-refractivity contribution in [2.45, 2.75) is 0 Å². The summed E-state index contributed by atoms with van der Waals surface area (Å²) in [6, 6.07) is 11.5. The van der Waals surface area contributed by atoms with Crippen molar-refractivity contribution in [3.05, 3.63) is 59.2 Å². The van der Waals surface area contributed by atoms with E-state index in [1.807, 2.05) is 29.6 Å². The van der Waals surface area contributed by atoms with E-state index in [4.69, 9.17) is 9.47 Å². The quantitative estimate of drug-likeness (QED) is 0.742. The van der Waals surface area contributed by atoms with Crippen LogP contribution in [0.1, 0.15) is 10.4 Å². The Bertz CT molecular complexity index is 894. The highest BCUT2D eigenvalue weighted by atomic mass is 32.1. The highest BCUT2D eigenvalue weighted by Gasteiger charge is 2.13. The molecule has 0 atom stereocenters. The predicted molar refractivity (Wildman–Crippen MR) is 95.0 cm³/mol. The van der Waals surface area contributed by atoms with Gasteiger partial charge in [-0.1, -0.05) is 0 Å². The second-order valence-electron chi connectivity index (χ2n) is 5.07. The van der Waals surface area contributed by atoms with Gasteiger partial charge in [0.05, 0.1) is 19.9 Å². The Labute approximate surface area is 148 Å². The fraction of sp³-hybridized carbons (Fsp3) is 0.111. The van der Waals surface area contributed by atoms with E-state index in [-0.39, 0.29) is 11.3 Å². The van der Waals surface area contributed by atoms with E-state index in [0.717, 1.165) is 23.1 Å². The molecule has 25 heavy (non-hydrogen) atoms. The molecule has 0 saturated carbocycles. The lowest BCUT2D eigenvalue weighted by atomic mass is 10.2. The molecule has 0 fully saturated rings. The number of amides is 1. The number of rotatable bonds is 5. The normalized spacial score (nSPS) is 10.4. The molecule has 0 spiro atoms. The van der Waals surface area contributed by atoms with E-state index in [9.17, 15) is 9.18 Å². The van der Waals surface area contributed by atoms with Gasteiger partial charge in [-0.15, -0.1) is 11.3 Å². The van der Waals surface area contributed by atoms with Crippen LogP contribution in [0.5, 0.6) is 11.5 Å². The lowest BCUT2D eigenvalue weighted by Gasteiger charge is -2.05. The minimum Gasteiger partial charge on any atom is -0.497 e. The second-order valence-corrected chi connectivity index (χ2v) is 5.93. The van der Waals surface area contributed by atoms with Crippen LogP contribution in [0.15, 0.2) is 47.8 Å². The van der Waals surface area contributed by atoms with Gasteiger partial charge in [0.1, 0.15) is 5.75 Å². The second kappa shape index (κ2) is 7.31. The number of halogens is 1. The maximum absolute atomic E-state index is 13.7. The number of anilines is 1. The Kier molecular flexibility index (Phi) is 4.95. The molecule has 0 unspecified atom stereocenters. The molecule has 3 aromatic rings. The average Bonchev–Trinajstić information content (AvgIpc) is 3.10. The first kappa shape index (κ1) is 16.9. The number of thiazole rings is 1. The van der Waals surface area contributed by atoms with Crippen LogP contribution in [0.3, 0.4) is 0 Å². The number of carbonyl (C=O) groups excluding carboxylic acids is 1. The molecule has 0 saturated heterocycles. The molecule has 1 N–H and O–H groups in total. The van der Waals surface area contributed by atoms with Gasteiger partial charge in [-0.05, 0) is 42.5 Å². The fourth-order valence-corrected chi connectivity index (χ4v) is 2.92. The van der Waals surface area contributed by atoms with Gasteiger partial charge < -0.3 is 9.47 Å². The van der Waals surface area contributed by atoms with Gasteiger partial charge in [0.15, 0.2) is 16.7 Å². The summed E-state index contributed by atoms with van der Waals surface area (Å²) in [5, 5.41) is 4.95. The molecule has 128 valence electrons. The summed E-state index contributed by atoms with van der Waals surface area (Å²) in [7, 11) is 2.97. The molecule has 7 heteroatoms. The molecule has 1 aromatic heterocycles. The lowest BCUT2D eigenvalue weighted by molar-refractivity contribution is 0.102. The molecule has 1 heterocycles. The van der Waals surface area contributed by atoms with Crippen LogP contribution in [0.2, 0.25) is 0 Å². The first-order valence-electron chi connectivity index (χ1n) is 7.35. The van der Waals surface area contributed by atoms with Crippen molar-refractivity contribution in [3.8, 4) is 22.8 Å². The predicted octanol–water partition coefficient (Wildman–Crippen LogP) is 4.22. The van der Waals surface area contributed by atoms with Crippen molar-refractivity contribution in [1.82, 2.24) is 4.98 Å². The van der Waals surface area contributed by atoms with Gasteiger partial charge in [0.25, 0.3) is 5.91 Å². The Morgan fingerprint density at radius 2 is 1.88 bits per heavy atom. The number of benzene rings is 2. The average molecular weight is 358 g/mol. The highest BCUT2D eigenvalue weighted by molar-refractivity contribution is 7.14. The molecule has 5 nitrogen and oxygen atoms in total. The van der Waals surface area contributed by atoms with Crippen LogP contribution in [0.25, 0.3) is 11.3 Å². The first-order valence-corrected chi connectivity index (χ1v) is 8.23. The van der Waals surface area contributed by atoms with Gasteiger partial charge in [-0.25, -0.2) is 9.37 Å². The maximum Gasteiger partial charge on any atom is 0.257 e. The van der Waals surface area contributed by atoms with Crippen LogP contribution in [0.4, 0.5) is 9.52 Å². The van der Waals surface area contributed by atoms with Gasteiger partial charge in [0, 0.05) is 16.5 Å². The zero-order valence-corrected chi connectivity index (χ0v) is 14.4. The Morgan fingerprint density at radius 3 is 2.52 bits per heavy atom. The first-order chi connectivity index (χ1) is 12.1. The SMILES string of the molecule is COc1ccc(-c2csc(NC(=O)c3ccc(OC)c(F)c3)n2)cc1. The van der Waals surface area contributed by atoms with E-state index in [0.29, 0.717) is 5.13 Å². The molecule has 2 aromatic carbocycles. The van der Waals surface area contributed by atoms with Crippen molar-refractivity contribution in [3.63, 3.8) is 0 Å². The maximum atomic E-state index is 13.7. The molecule has 0 aliphatic rings. The third kappa shape index (κ3) is 3.77. The van der Waals surface area contributed by atoms with E-state index in [2.05, 4.69) is 10.3 Å². The molecule has 0 bridgehead atoms. The molecule has 0 aliphatic heterocycles. The van der Waals surface area contributed by atoms with Crippen molar-refractivity contribution in [2.75, 3.05) is 19.5 Å². The fourth-order valence-electron chi connectivity index (χ4n) is 2.20. The summed E-state index contributed by atoms with van der Waals surface area (Å²) in [6.45, 7) is 0. The third-order valence-electron chi connectivity index (χ3n) is 3.52. The molecular formula is C18H15FN2O3S. The number of hydrogen-bond acceptors (Lipinski definition) is 5. The number of aromatic nitrogens is 1. The standard InChI is InChI=1S/C18H15FN2O3S/c1-23-13-6-3-11(4-7-13)15-10-25-18(20-15)21-17(22)12-5-8-16(24-2)14(19)9-12/h3-10H,1-2H3,(H,20,21,22). The zero-order valence-electron chi connectivity index (χ0n) is 13.6. The monoisotopic (exact) mass is 358 g/mol. The Morgan fingerprint density at radius 1 is 1.12 bits per heavy atom. The van der Waals surface area contributed by atoms with Crippen molar-refractivity contribution >= 4 is 22.4 Å². The van der Waals surface area contributed by atoms with Gasteiger partial charge >= 0.3 is 0 Å². The highest BCUT2D eigenvalue weighted by Crippen LogP contribution is 2.27. The largest absolute Gasteiger partial charge is 0.497 e. The number of nitrogens with one attached hydrogen (secondary N) is 1. The van der Waals surface area contributed by atoms with E-state index < -0.39 is 11.7 Å². The van der Waals surface area contributed by atoms with E-state index >= 15 is 0 Å². The molecule has 1 amide bonds. The smallest absolute Gasteiger partial charge is 0.257 e. The van der Waals surface area contributed by atoms with Crippen molar-refractivity contribution in [2.24, 2.45) is 0 Å². The van der Waals surface area contributed by atoms with Crippen molar-refractivity contribution < 1.29 is 18.7 Å². The summed E-state index contributed by atoms with van der Waals surface area (Å²) >= 11 is 1.30. The number of methoxy groups -OCH3 is 2. The summed E-state index contributed by atoms with van der Waals surface area (Å²) in [5.41, 5.74) is 1.84. The zero-order chi connectivity index (χ0) is 17.8. The molecule has 0 aliphatic carbocycles. The van der Waals surface area contributed by atoms with E-state index in [1.54, 1.807) is 7.11 Å². The molecular weight excluding hydrogens is 343 g/mol. The van der Waals surface area contributed by atoms with Crippen LogP contribution < -0.4 is 14.8 Å². The van der Waals surface area contributed by atoms with Crippen molar-refractivity contribution in [1.29, 1.82) is 0 Å². The number of carbonyl (C=O) groups is 1. The summed E-state index contributed by atoms with van der Waals surface area (Å²) in [4.78, 5) is 16.6. The van der Waals surface area contributed by atoms with Gasteiger partial charge in [-0.2, -0.15) is 0 Å². The molecule has 0 radical (unpaired) electrons. The Balaban J connectivity index is 1.74. The third-order valence-corrected chi connectivity index (χ3v) is 4.28. The summed E-state index contributed by atoms with van der Waals surface area (Å²) in [6.07, 6.45) is 0. The minimum atomic E-state index is -0.590. The van der Waals surface area contributed by atoms with Crippen LogP contribution >= 0.6 is 11.3 Å². The summed E-state index contributed by atoms with van der Waals surface area (Å²) in [5.74, 6) is -0.174. The number of nitrogens with zero attached hydrogens (tertiary/aromatic N) is 1.